The van der Waals surface area contributed by atoms with Crippen LogP contribution in [0.4, 0.5) is 0 Å². The minimum atomic E-state index is -3.67. The van der Waals surface area contributed by atoms with Gasteiger partial charge >= 0.3 is 11.9 Å². The van der Waals surface area contributed by atoms with Crippen LogP contribution in [0.3, 0.4) is 0 Å². The monoisotopic (exact) mass is 407 g/mol. The van der Waals surface area contributed by atoms with Crippen LogP contribution in [0.1, 0.15) is 5.56 Å². The molecule has 0 aliphatic carbocycles. The van der Waals surface area contributed by atoms with E-state index in [9.17, 15) is 18.0 Å². The molecule has 0 aromatic heterocycles. The first kappa shape index (κ1) is 20.9. The van der Waals surface area contributed by atoms with E-state index in [-0.39, 0.29) is 10.6 Å². The van der Waals surface area contributed by atoms with Gasteiger partial charge in [0.15, 0.2) is 0 Å². The summed E-state index contributed by atoms with van der Waals surface area (Å²) in [6.45, 7) is 1.84. The number of hydrogen-bond acceptors (Lipinski definition) is 8. The normalized spacial score (nSPS) is 11.0. The Morgan fingerprint density at radius 2 is 1.67 bits per heavy atom. The van der Waals surface area contributed by atoms with Crippen molar-refractivity contribution in [3.63, 3.8) is 0 Å². The van der Waals surface area contributed by atoms with Gasteiger partial charge in [-0.25, -0.2) is 8.42 Å². The van der Waals surface area contributed by atoms with E-state index in [1.54, 1.807) is 31.1 Å². The highest BCUT2D eigenvalue weighted by Crippen LogP contribution is 2.23. The molecular formula is C14H17NO5S4. The number of esters is 2. The zero-order valence-corrected chi connectivity index (χ0v) is 16.6. The summed E-state index contributed by atoms with van der Waals surface area (Å²) in [7, 11) is 0.218. The van der Waals surface area contributed by atoms with Crippen LogP contribution in [0.15, 0.2) is 29.2 Å². The molecule has 0 heterocycles. The molecule has 0 unspecified atom stereocenters. The molecular weight excluding hydrogens is 390 g/mol. The predicted octanol–water partition coefficient (Wildman–Crippen LogP) is 2.07. The number of thiocarbonyl (C=S) groups is 1. The number of thioether (sulfide) groups is 1. The molecule has 0 spiro atoms. The van der Waals surface area contributed by atoms with Crippen molar-refractivity contribution in [2.45, 2.75) is 11.8 Å². The number of carbonyl (C=O) groups is 2. The van der Waals surface area contributed by atoms with Gasteiger partial charge in [-0.2, -0.15) is 0 Å². The fraction of sp³-hybridized carbons (Fsp3) is 0.357. The molecule has 10 heteroatoms. The Bertz CT molecular complexity index is 713. The third-order valence-electron chi connectivity index (χ3n) is 2.55. The standard InChI is InChI=1S/C14H17NO5S4/c1-10-4-6-11(7-5-10)24(18,19)23-9-13(17)20-12(16)8-22-14(21)15(2)3/h4-7H,8-9H2,1-3H3. The van der Waals surface area contributed by atoms with Gasteiger partial charge < -0.3 is 9.64 Å². The van der Waals surface area contributed by atoms with Crippen LogP contribution in [0.25, 0.3) is 0 Å². The minimum Gasteiger partial charge on any atom is -0.392 e. The average molecular weight is 408 g/mol. The lowest BCUT2D eigenvalue weighted by molar-refractivity contribution is -0.155. The summed E-state index contributed by atoms with van der Waals surface area (Å²) >= 11 is 6.05. The van der Waals surface area contributed by atoms with Crippen molar-refractivity contribution in [1.29, 1.82) is 0 Å². The molecule has 0 aliphatic rings. The van der Waals surface area contributed by atoms with Gasteiger partial charge in [0.2, 0.25) is 8.87 Å². The number of ether oxygens (including phenoxy) is 1. The Hall–Kier alpha value is -1.10. The molecule has 0 saturated heterocycles. The number of nitrogens with zero attached hydrogens (tertiary/aromatic N) is 1. The van der Waals surface area contributed by atoms with Crippen LogP contribution in [-0.2, 0) is 23.2 Å². The summed E-state index contributed by atoms with van der Waals surface area (Å²) in [6.07, 6.45) is 0. The average Bonchev–Trinajstić information content (AvgIpc) is 2.51. The van der Waals surface area contributed by atoms with Crippen LogP contribution >= 0.6 is 34.8 Å². The van der Waals surface area contributed by atoms with Crippen molar-refractivity contribution in [1.82, 2.24) is 4.90 Å². The van der Waals surface area contributed by atoms with E-state index in [1.165, 1.54) is 12.1 Å². The Morgan fingerprint density at radius 3 is 2.21 bits per heavy atom. The lowest BCUT2D eigenvalue weighted by atomic mass is 10.2. The molecule has 0 N–H and O–H groups in total. The zero-order valence-electron chi connectivity index (χ0n) is 13.3. The molecule has 1 rings (SSSR count). The molecule has 0 saturated carbocycles. The molecule has 1 aromatic carbocycles. The van der Waals surface area contributed by atoms with Crippen molar-refractivity contribution < 1.29 is 22.7 Å². The molecule has 0 atom stereocenters. The Morgan fingerprint density at radius 1 is 1.12 bits per heavy atom. The Balaban J connectivity index is 2.46. The van der Waals surface area contributed by atoms with Gasteiger partial charge in [-0.15, -0.1) is 0 Å². The fourth-order valence-electron chi connectivity index (χ4n) is 1.33. The summed E-state index contributed by atoms with van der Waals surface area (Å²) in [5.41, 5.74) is 0.928. The second kappa shape index (κ2) is 9.40. The lowest BCUT2D eigenvalue weighted by Crippen LogP contribution is -2.21. The summed E-state index contributed by atoms with van der Waals surface area (Å²) in [4.78, 5) is 24.8. The molecule has 0 amide bonds. The van der Waals surface area contributed by atoms with Gasteiger partial charge in [0.05, 0.1) is 10.6 Å². The van der Waals surface area contributed by atoms with Gasteiger partial charge in [-0.3, -0.25) is 9.59 Å². The summed E-state index contributed by atoms with van der Waals surface area (Å²) < 4.78 is 29.2. The minimum absolute atomic E-state index is 0.101. The van der Waals surface area contributed by atoms with Crippen molar-refractivity contribution in [2.75, 3.05) is 25.6 Å². The van der Waals surface area contributed by atoms with Crippen molar-refractivity contribution >= 4 is 59.9 Å². The van der Waals surface area contributed by atoms with Gasteiger partial charge in [0.1, 0.15) is 10.1 Å². The summed E-state index contributed by atoms with van der Waals surface area (Å²) in [5.74, 6) is -2.25. The van der Waals surface area contributed by atoms with Crippen molar-refractivity contribution in [3.05, 3.63) is 29.8 Å². The van der Waals surface area contributed by atoms with Crippen LogP contribution < -0.4 is 0 Å². The number of carbonyl (C=O) groups excluding carboxylic acids is 2. The highest BCUT2D eigenvalue weighted by atomic mass is 33.1. The Kier molecular flexibility index (Phi) is 8.20. The molecule has 24 heavy (non-hydrogen) atoms. The number of hydrogen-bond donors (Lipinski definition) is 0. The maximum Gasteiger partial charge on any atom is 0.324 e. The lowest BCUT2D eigenvalue weighted by Gasteiger charge is -2.11. The SMILES string of the molecule is Cc1ccc(S(=O)(=O)SCC(=O)OC(=O)CSC(=S)N(C)C)cc1. The van der Waals surface area contributed by atoms with Crippen LogP contribution in [-0.4, -0.2) is 55.2 Å². The topological polar surface area (TPSA) is 80.7 Å². The third kappa shape index (κ3) is 7.20. The first-order chi connectivity index (χ1) is 11.1. The Labute approximate surface area is 154 Å². The highest BCUT2D eigenvalue weighted by molar-refractivity contribution is 8.72. The van der Waals surface area contributed by atoms with Gasteiger partial charge in [0.25, 0.3) is 0 Å². The summed E-state index contributed by atoms with van der Waals surface area (Å²) in [5, 5.41) is 0. The van der Waals surface area contributed by atoms with Gasteiger partial charge in [-0.1, -0.05) is 41.7 Å². The maximum absolute atomic E-state index is 12.1. The second-order valence-electron chi connectivity index (χ2n) is 4.82. The van der Waals surface area contributed by atoms with Crippen LogP contribution in [0.2, 0.25) is 0 Å². The van der Waals surface area contributed by atoms with Crippen molar-refractivity contribution in [2.24, 2.45) is 0 Å². The molecule has 0 bridgehead atoms. The zero-order chi connectivity index (χ0) is 18.3. The number of benzene rings is 1. The van der Waals surface area contributed by atoms with E-state index in [2.05, 4.69) is 4.74 Å². The molecule has 1 aromatic rings. The van der Waals surface area contributed by atoms with Crippen LogP contribution in [0, 0.1) is 6.92 Å². The first-order valence-corrected chi connectivity index (χ1v) is 11.0. The van der Waals surface area contributed by atoms with Gasteiger partial charge in [0, 0.05) is 14.1 Å². The van der Waals surface area contributed by atoms with E-state index >= 15 is 0 Å². The molecule has 0 aliphatic heterocycles. The maximum atomic E-state index is 12.1. The smallest absolute Gasteiger partial charge is 0.324 e. The van der Waals surface area contributed by atoms with Crippen LogP contribution in [0.5, 0.6) is 0 Å². The molecule has 132 valence electrons. The molecule has 6 nitrogen and oxygen atoms in total. The summed E-state index contributed by atoms with van der Waals surface area (Å²) in [6, 6.07) is 6.26. The van der Waals surface area contributed by atoms with E-state index < -0.39 is 26.6 Å². The predicted molar refractivity (Wildman–Crippen MR) is 101 cm³/mol. The first-order valence-electron chi connectivity index (χ1n) is 6.65. The van der Waals surface area contributed by atoms with E-state index in [4.69, 9.17) is 12.2 Å². The second-order valence-corrected chi connectivity index (χ2v) is 10.4. The van der Waals surface area contributed by atoms with Gasteiger partial charge in [-0.05, 0) is 29.9 Å². The van der Waals surface area contributed by atoms with Crippen molar-refractivity contribution in [3.8, 4) is 0 Å². The fourth-order valence-corrected chi connectivity index (χ4v) is 4.48. The quantitative estimate of drug-likeness (QED) is 0.305. The number of aryl methyl sites for hydroxylation is 1. The van der Waals surface area contributed by atoms with E-state index in [0.29, 0.717) is 15.1 Å². The molecule has 0 fully saturated rings. The van der Waals surface area contributed by atoms with E-state index in [1.807, 2.05) is 6.92 Å². The van der Waals surface area contributed by atoms with E-state index in [0.717, 1.165) is 17.3 Å². The highest BCUT2D eigenvalue weighted by Gasteiger charge is 2.19. The number of rotatable bonds is 6. The largest absolute Gasteiger partial charge is 0.392 e. The molecule has 0 radical (unpaired) electrons. The third-order valence-corrected chi connectivity index (χ3v) is 7.63.